The number of hydrogen-bond donors (Lipinski definition) is 3. The van der Waals surface area contributed by atoms with Gasteiger partial charge in [0.15, 0.2) is 0 Å². The lowest BCUT2D eigenvalue weighted by Crippen LogP contribution is -2.39. The van der Waals surface area contributed by atoms with E-state index in [4.69, 9.17) is 9.84 Å². The zero-order chi connectivity index (χ0) is 24.1. The van der Waals surface area contributed by atoms with E-state index in [-0.39, 0.29) is 23.3 Å². The topological polar surface area (TPSA) is 118 Å². The molecule has 0 radical (unpaired) electrons. The lowest BCUT2D eigenvalue weighted by Gasteiger charge is -2.30. The Labute approximate surface area is 191 Å². The molecule has 4 rings (SSSR count). The monoisotopic (exact) mass is 526 g/mol. The highest BCUT2D eigenvalue weighted by molar-refractivity contribution is 9.10. The number of carbonyl (C=O) groups is 2. The van der Waals surface area contributed by atoms with Crippen LogP contribution in [-0.2, 0) is 11.0 Å². The van der Waals surface area contributed by atoms with Gasteiger partial charge in [-0.25, -0.2) is 0 Å². The quantitative estimate of drug-likeness (QED) is 0.480. The maximum atomic E-state index is 13.3. The molecule has 1 unspecified atom stereocenters. The van der Waals surface area contributed by atoms with Crippen LogP contribution in [-0.4, -0.2) is 39.8 Å². The van der Waals surface area contributed by atoms with E-state index in [1.807, 2.05) is 5.32 Å². The summed E-state index contributed by atoms with van der Waals surface area (Å²) >= 11 is 3.26. The van der Waals surface area contributed by atoms with Crippen LogP contribution in [0.15, 0.2) is 45.7 Å². The first-order chi connectivity index (χ1) is 15.5. The third-order valence-corrected chi connectivity index (χ3v) is 5.62. The molecule has 3 N–H and O–H groups in total. The van der Waals surface area contributed by atoms with Crippen LogP contribution in [0.25, 0.3) is 10.9 Å². The first-order valence-corrected chi connectivity index (χ1v) is 10.2. The number of amides is 1. The summed E-state index contributed by atoms with van der Waals surface area (Å²) in [5.41, 5.74) is -2.05. The molecule has 8 nitrogen and oxygen atoms in total. The predicted molar refractivity (Wildman–Crippen MR) is 113 cm³/mol. The van der Waals surface area contributed by atoms with Crippen LogP contribution in [0.5, 0.6) is 11.5 Å². The number of alkyl halides is 3. The van der Waals surface area contributed by atoms with Gasteiger partial charge in [0.05, 0.1) is 17.1 Å². The summed E-state index contributed by atoms with van der Waals surface area (Å²) in [7, 11) is 0. The first-order valence-electron chi connectivity index (χ1n) is 9.39. The Morgan fingerprint density at radius 1 is 1.21 bits per heavy atom. The highest BCUT2D eigenvalue weighted by atomic mass is 79.9. The van der Waals surface area contributed by atoms with Crippen molar-refractivity contribution in [1.29, 1.82) is 0 Å². The van der Waals surface area contributed by atoms with Gasteiger partial charge in [-0.2, -0.15) is 13.2 Å². The number of aromatic nitrogens is 1. The van der Waals surface area contributed by atoms with E-state index in [0.29, 0.717) is 10.0 Å². The number of ether oxygens (including phenoxy) is 1. The number of aliphatic carboxylic acids is 1. The van der Waals surface area contributed by atoms with Crippen molar-refractivity contribution in [3.63, 3.8) is 0 Å². The Bertz CT molecular complexity index is 1350. The number of carboxylic acid groups (broad SMARTS) is 1. The second-order valence-electron chi connectivity index (χ2n) is 7.22. The molecule has 0 fully saturated rings. The van der Waals surface area contributed by atoms with Crippen LogP contribution in [0, 0.1) is 0 Å². The fourth-order valence-corrected chi connectivity index (χ4v) is 4.14. The molecule has 1 aromatic heterocycles. The number of nitrogens with one attached hydrogen (secondary N) is 1. The summed E-state index contributed by atoms with van der Waals surface area (Å²) in [5.74, 6) is -2.92. The van der Waals surface area contributed by atoms with Crippen molar-refractivity contribution in [2.24, 2.45) is 0 Å². The predicted octanol–water partition coefficient (Wildman–Crippen LogP) is 3.28. The average Bonchev–Trinajstić information content (AvgIpc) is 2.75. The third kappa shape index (κ3) is 4.01. The highest BCUT2D eigenvalue weighted by Gasteiger charge is 2.33. The van der Waals surface area contributed by atoms with Crippen molar-refractivity contribution < 1.29 is 37.7 Å². The Morgan fingerprint density at radius 2 is 1.88 bits per heavy atom. The van der Waals surface area contributed by atoms with Crippen LogP contribution >= 0.6 is 15.9 Å². The molecule has 172 valence electrons. The maximum Gasteiger partial charge on any atom is 0.416 e. The normalized spacial score (nSPS) is 15.2. The first kappa shape index (κ1) is 22.6. The number of hydrogen-bond acceptors (Lipinski definition) is 5. The lowest BCUT2D eigenvalue weighted by atomic mass is 10.0. The number of carbonyl (C=O) groups excluding carboxylic acids is 1. The number of rotatable bonds is 4. The fourth-order valence-electron chi connectivity index (χ4n) is 3.70. The molecule has 1 aliphatic rings. The number of aromatic hydroxyl groups is 1. The molecule has 0 bridgehead atoms. The SMILES string of the molecule is O=C(O)CNC(=O)c1c(O)c2cc(Br)cc3c2n(c1=O)C(c1ccc(C(F)(F)F)cc1)CO3. The van der Waals surface area contributed by atoms with E-state index >= 15 is 0 Å². The zero-order valence-electron chi connectivity index (χ0n) is 16.4. The van der Waals surface area contributed by atoms with Gasteiger partial charge in [-0.15, -0.1) is 0 Å². The van der Waals surface area contributed by atoms with Gasteiger partial charge >= 0.3 is 12.1 Å². The minimum atomic E-state index is -4.54. The standard InChI is InChI=1S/C21H14BrF3N2O6/c22-11-5-12-17-14(6-11)33-8-13(9-1-3-10(4-2-9)21(23,24)25)27(17)20(32)16(18(12)30)19(31)26-7-15(28)29/h1-6,13,30H,7-8H2,(H,26,31)(H,28,29). The van der Waals surface area contributed by atoms with Crippen LogP contribution in [0.1, 0.15) is 27.5 Å². The second-order valence-corrected chi connectivity index (χ2v) is 8.14. The Kier molecular flexibility index (Phi) is 5.56. The maximum absolute atomic E-state index is 13.3. The lowest BCUT2D eigenvalue weighted by molar-refractivity contribution is -0.138. The third-order valence-electron chi connectivity index (χ3n) is 5.16. The summed E-state index contributed by atoms with van der Waals surface area (Å²) in [4.78, 5) is 36.7. The number of halogens is 4. The highest BCUT2D eigenvalue weighted by Crippen LogP contribution is 2.41. The molecule has 1 aliphatic heterocycles. The Hall–Kier alpha value is -3.54. The molecule has 12 heteroatoms. The van der Waals surface area contributed by atoms with Gasteiger partial charge < -0.3 is 20.3 Å². The van der Waals surface area contributed by atoms with Crippen molar-refractivity contribution in [2.45, 2.75) is 12.2 Å². The summed E-state index contributed by atoms with van der Waals surface area (Å²) < 4.78 is 46.2. The molecule has 0 saturated carbocycles. The van der Waals surface area contributed by atoms with Crippen molar-refractivity contribution in [2.75, 3.05) is 13.2 Å². The van der Waals surface area contributed by atoms with Gasteiger partial charge in [0, 0.05) is 9.86 Å². The Balaban J connectivity index is 1.94. The molecule has 2 aromatic carbocycles. The molecule has 1 amide bonds. The van der Waals surface area contributed by atoms with Crippen molar-refractivity contribution in [3.05, 3.63) is 67.9 Å². The van der Waals surface area contributed by atoms with E-state index in [1.54, 1.807) is 6.07 Å². The van der Waals surface area contributed by atoms with E-state index in [0.717, 1.165) is 12.1 Å². The Morgan fingerprint density at radius 3 is 2.48 bits per heavy atom. The van der Waals surface area contributed by atoms with Crippen molar-refractivity contribution >= 4 is 38.7 Å². The summed E-state index contributed by atoms with van der Waals surface area (Å²) in [5, 5.41) is 21.6. The number of nitrogens with zero attached hydrogens (tertiary/aromatic N) is 1. The van der Waals surface area contributed by atoms with Crippen LogP contribution in [0.4, 0.5) is 13.2 Å². The van der Waals surface area contributed by atoms with Crippen LogP contribution in [0.3, 0.4) is 0 Å². The molecule has 3 aromatic rings. The van der Waals surface area contributed by atoms with Crippen molar-refractivity contribution in [1.82, 2.24) is 9.88 Å². The number of carboxylic acids is 1. The fraction of sp³-hybridized carbons (Fsp3) is 0.190. The number of benzene rings is 2. The second kappa shape index (κ2) is 8.10. The zero-order valence-corrected chi connectivity index (χ0v) is 18.0. The van der Waals surface area contributed by atoms with Crippen LogP contribution in [0.2, 0.25) is 0 Å². The van der Waals surface area contributed by atoms with E-state index in [2.05, 4.69) is 15.9 Å². The van der Waals surface area contributed by atoms with Crippen LogP contribution < -0.4 is 15.6 Å². The van der Waals surface area contributed by atoms with Gasteiger partial charge in [0.1, 0.15) is 30.2 Å². The summed E-state index contributed by atoms with van der Waals surface area (Å²) in [6.07, 6.45) is -4.54. The molecule has 33 heavy (non-hydrogen) atoms. The average molecular weight is 527 g/mol. The smallest absolute Gasteiger partial charge is 0.416 e. The summed E-state index contributed by atoms with van der Waals surface area (Å²) in [6.45, 7) is -0.921. The van der Waals surface area contributed by atoms with E-state index in [1.165, 1.54) is 22.8 Å². The largest absolute Gasteiger partial charge is 0.506 e. The minimum absolute atomic E-state index is 0.0658. The van der Waals surface area contributed by atoms with E-state index < -0.39 is 53.1 Å². The molecule has 1 atom stereocenters. The molecule has 0 saturated heterocycles. The van der Waals surface area contributed by atoms with Gasteiger partial charge in [-0.05, 0) is 29.8 Å². The minimum Gasteiger partial charge on any atom is -0.506 e. The van der Waals surface area contributed by atoms with Gasteiger partial charge in [-0.1, -0.05) is 28.1 Å². The molecule has 0 spiro atoms. The molecular formula is C21H14BrF3N2O6. The van der Waals surface area contributed by atoms with Crippen molar-refractivity contribution in [3.8, 4) is 11.5 Å². The molecule has 2 heterocycles. The molecular weight excluding hydrogens is 513 g/mol. The molecule has 0 aliphatic carbocycles. The van der Waals surface area contributed by atoms with E-state index in [9.17, 15) is 32.7 Å². The van der Waals surface area contributed by atoms with Gasteiger partial charge in [-0.3, -0.25) is 19.0 Å². The number of pyridine rings is 1. The van der Waals surface area contributed by atoms with Gasteiger partial charge in [0.2, 0.25) is 0 Å². The summed E-state index contributed by atoms with van der Waals surface area (Å²) in [6, 6.07) is 6.22. The van der Waals surface area contributed by atoms with Gasteiger partial charge in [0.25, 0.3) is 11.5 Å².